The second-order valence-corrected chi connectivity index (χ2v) is 8.49. The number of rotatable bonds is 6. The van der Waals surface area contributed by atoms with Gasteiger partial charge < -0.3 is 9.80 Å². The lowest BCUT2D eigenvalue weighted by atomic mass is 9.83. The molecule has 2 saturated heterocycles. The Kier molecular flexibility index (Phi) is 7.21. The van der Waals surface area contributed by atoms with Gasteiger partial charge in [-0.15, -0.1) is 0 Å². The highest BCUT2D eigenvalue weighted by molar-refractivity contribution is 4.82. The molecule has 1 unspecified atom stereocenters. The van der Waals surface area contributed by atoms with E-state index in [9.17, 15) is 0 Å². The minimum atomic E-state index is 0.776. The molecule has 0 N–H and O–H groups in total. The molecule has 0 bridgehead atoms. The Morgan fingerprint density at radius 3 is 2.23 bits per heavy atom. The van der Waals surface area contributed by atoms with Crippen LogP contribution in [0.25, 0.3) is 0 Å². The maximum absolute atomic E-state index is 2.74. The number of hydrogen-bond acceptors (Lipinski definition) is 2. The second kappa shape index (κ2) is 8.68. The average molecular weight is 309 g/mol. The van der Waals surface area contributed by atoms with Crippen molar-refractivity contribution in [2.45, 2.75) is 72.8 Å². The number of piperidine rings is 2. The van der Waals surface area contributed by atoms with E-state index in [1.54, 1.807) is 0 Å². The van der Waals surface area contributed by atoms with Crippen molar-refractivity contribution in [1.29, 1.82) is 0 Å². The lowest BCUT2D eigenvalue weighted by Gasteiger charge is -2.41. The molecular formula is C20H40N2. The van der Waals surface area contributed by atoms with E-state index >= 15 is 0 Å². The Morgan fingerprint density at radius 2 is 1.68 bits per heavy atom. The van der Waals surface area contributed by atoms with Crippen LogP contribution in [0.3, 0.4) is 0 Å². The molecule has 2 nitrogen and oxygen atoms in total. The van der Waals surface area contributed by atoms with E-state index in [1.165, 1.54) is 64.8 Å². The minimum Gasteiger partial charge on any atom is -0.303 e. The predicted molar refractivity (Wildman–Crippen MR) is 97.2 cm³/mol. The van der Waals surface area contributed by atoms with E-state index in [1.807, 2.05) is 0 Å². The van der Waals surface area contributed by atoms with Crippen molar-refractivity contribution in [3.8, 4) is 0 Å². The number of hydrogen-bond donors (Lipinski definition) is 0. The van der Waals surface area contributed by atoms with Gasteiger partial charge in [0, 0.05) is 12.6 Å². The van der Waals surface area contributed by atoms with Crippen molar-refractivity contribution >= 4 is 0 Å². The Balaban J connectivity index is 1.68. The smallest absolute Gasteiger partial charge is 0.00644 e. The third-order valence-electron chi connectivity index (χ3n) is 6.72. The van der Waals surface area contributed by atoms with Crippen LogP contribution in [-0.4, -0.2) is 48.6 Å². The summed E-state index contributed by atoms with van der Waals surface area (Å²) in [5.41, 5.74) is 0. The van der Waals surface area contributed by atoms with Crippen LogP contribution in [0.4, 0.5) is 0 Å². The van der Waals surface area contributed by atoms with Crippen LogP contribution >= 0.6 is 0 Å². The first-order chi connectivity index (χ1) is 10.5. The zero-order valence-corrected chi connectivity index (χ0v) is 15.9. The largest absolute Gasteiger partial charge is 0.303 e. The van der Waals surface area contributed by atoms with Gasteiger partial charge in [-0.3, -0.25) is 0 Å². The summed E-state index contributed by atoms with van der Waals surface area (Å²) in [7, 11) is 0. The minimum absolute atomic E-state index is 0.776. The van der Waals surface area contributed by atoms with Gasteiger partial charge in [-0.2, -0.15) is 0 Å². The Labute approximate surface area is 139 Å². The lowest BCUT2D eigenvalue weighted by Crippen LogP contribution is -2.45. The van der Waals surface area contributed by atoms with E-state index in [-0.39, 0.29) is 0 Å². The molecule has 0 saturated carbocycles. The molecule has 2 rings (SSSR count). The maximum Gasteiger partial charge on any atom is 0.00644 e. The average Bonchev–Trinajstić information content (AvgIpc) is 2.53. The van der Waals surface area contributed by atoms with Gasteiger partial charge in [0.1, 0.15) is 0 Å². The van der Waals surface area contributed by atoms with Gasteiger partial charge in [-0.05, 0) is 88.9 Å². The van der Waals surface area contributed by atoms with Crippen LogP contribution in [0.1, 0.15) is 66.7 Å². The van der Waals surface area contributed by atoms with Crippen LogP contribution in [0.15, 0.2) is 0 Å². The van der Waals surface area contributed by atoms with Crippen LogP contribution in [-0.2, 0) is 0 Å². The summed E-state index contributed by atoms with van der Waals surface area (Å²) in [6.07, 6.45) is 7.01. The van der Waals surface area contributed by atoms with Crippen LogP contribution < -0.4 is 0 Å². The van der Waals surface area contributed by atoms with Crippen LogP contribution in [0, 0.1) is 23.7 Å². The van der Waals surface area contributed by atoms with Gasteiger partial charge in [0.25, 0.3) is 0 Å². The van der Waals surface area contributed by atoms with Gasteiger partial charge in [-0.25, -0.2) is 0 Å². The Hall–Kier alpha value is -0.0800. The Morgan fingerprint density at radius 1 is 1.00 bits per heavy atom. The zero-order chi connectivity index (χ0) is 16.1. The Bertz CT molecular complexity index is 307. The van der Waals surface area contributed by atoms with Gasteiger partial charge in [-0.1, -0.05) is 27.7 Å². The highest BCUT2D eigenvalue weighted by Gasteiger charge is 2.28. The van der Waals surface area contributed by atoms with Crippen molar-refractivity contribution in [2.75, 3.05) is 32.7 Å². The normalized spacial score (nSPS) is 30.8. The maximum atomic E-state index is 2.74. The van der Waals surface area contributed by atoms with Crippen molar-refractivity contribution in [3.63, 3.8) is 0 Å². The summed E-state index contributed by atoms with van der Waals surface area (Å²) < 4.78 is 0. The summed E-state index contributed by atoms with van der Waals surface area (Å²) in [6.45, 7) is 18.7. The van der Waals surface area contributed by atoms with Crippen LogP contribution in [0.2, 0.25) is 0 Å². The molecule has 2 aliphatic rings. The fourth-order valence-corrected chi connectivity index (χ4v) is 4.51. The second-order valence-electron chi connectivity index (χ2n) is 8.49. The van der Waals surface area contributed by atoms with Crippen molar-refractivity contribution in [2.24, 2.45) is 23.7 Å². The molecule has 0 aromatic heterocycles. The van der Waals surface area contributed by atoms with Gasteiger partial charge in [0.05, 0.1) is 0 Å². The van der Waals surface area contributed by atoms with Gasteiger partial charge in [0.15, 0.2) is 0 Å². The summed E-state index contributed by atoms with van der Waals surface area (Å²) in [5.74, 6) is 3.71. The lowest BCUT2D eigenvalue weighted by molar-refractivity contribution is 0.0777. The fraction of sp³-hybridized carbons (Fsp3) is 1.00. The molecule has 2 heteroatoms. The quantitative estimate of drug-likeness (QED) is 0.713. The number of likely N-dealkylation sites (tertiary alicyclic amines) is 2. The molecule has 0 radical (unpaired) electrons. The van der Waals surface area contributed by atoms with Crippen LogP contribution in [0.5, 0.6) is 0 Å². The highest BCUT2D eigenvalue weighted by atomic mass is 15.2. The van der Waals surface area contributed by atoms with E-state index in [0.29, 0.717) is 0 Å². The van der Waals surface area contributed by atoms with Gasteiger partial charge >= 0.3 is 0 Å². The molecule has 2 heterocycles. The third kappa shape index (κ3) is 4.96. The first-order valence-electron chi connectivity index (χ1n) is 9.97. The SMILES string of the molecule is CCC(C)N1CC[C@@H](CCN2CCC(C(C)C)CC2)[C@H](C)C1. The van der Waals surface area contributed by atoms with Crippen molar-refractivity contribution in [3.05, 3.63) is 0 Å². The fourth-order valence-electron chi connectivity index (χ4n) is 4.51. The molecule has 3 atom stereocenters. The molecule has 0 aromatic carbocycles. The molecule has 22 heavy (non-hydrogen) atoms. The van der Waals surface area contributed by atoms with E-state index in [0.717, 1.165) is 29.7 Å². The summed E-state index contributed by atoms with van der Waals surface area (Å²) >= 11 is 0. The molecule has 2 aliphatic heterocycles. The van der Waals surface area contributed by atoms with Crippen molar-refractivity contribution in [1.82, 2.24) is 9.80 Å². The molecule has 0 amide bonds. The monoisotopic (exact) mass is 308 g/mol. The molecular weight excluding hydrogens is 268 g/mol. The molecule has 0 aromatic rings. The first-order valence-corrected chi connectivity index (χ1v) is 9.97. The van der Waals surface area contributed by atoms with Gasteiger partial charge in [0.2, 0.25) is 0 Å². The molecule has 2 fully saturated rings. The van der Waals surface area contributed by atoms with E-state index in [2.05, 4.69) is 44.4 Å². The number of nitrogens with zero attached hydrogens (tertiary/aromatic N) is 2. The topological polar surface area (TPSA) is 6.48 Å². The van der Waals surface area contributed by atoms with E-state index < -0.39 is 0 Å². The molecule has 0 aliphatic carbocycles. The predicted octanol–water partition coefficient (Wildman–Crippen LogP) is 4.50. The summed E-state index contributed by atoms with van der Waals surface area (Å²) in [4.78, 5) is 5.46. The zero-order valence-electron chi connectivity index (χ0n) is 15.9. The highest BCUT2D eigenvalue weighted by Crippen LogP contribution is 2.29. The first kappa shape index (κ1) is 18.3. The molecule has 130 valence electrons. The third-order valence-corrected chi connectivity index (χ3v) is 6.72. The summed E-state index contributed by atoms with van der Waals surface area (Å²) in [6, 6.07) is 0.776. The summed E-state index contributed by atoms with van der Waals surface area (Å²) in [5, 5.41) is 0. The standard InChI is InChI=1S/C20H40N2/c1-6-18(5)22-14-10-20(17(4)15-22)9-13-21-11-7-19(8-12-21)16(2)3/h16-20H,6-15H2,1-5H3/t17-,18?,20-/m1/s1. The van der Waals surface area contributed by atoms with Crippen molar-refractivity contribution < 1.29 is 0 Å². The molecule has 0 spiro atoms. The van der Waals surface area contributed by atoms with E-state index in [4.69, 9.17) is 0 Å².